The summed E-state index contributed by atoms with van der Waals surface area (Å²) in [7, 11) is 2.90. The molecule has 1 heterocycles. The summed E-state index contributed by atoms with van der Waals surface area (Å²) in [5, 5.41) is 0. The Labute approximate surface area is 98.1 Å². The molecule has 0 saturated heterocycles. The van der Waals surface area contributed by atoms with Crippen LogP contribution in [0.5, 0.6) is 11.8 Å². The molecule has 0 aliphatic heterocycles. The van der Waals surface area contributed by atoms with Crippen molar-refractivity contribution in [2.45, 2.75) is 0 Å². The average Bonchev–Trinajstić information content (AvgIpc) is 2.38. The Balaban J connectivity index is 2.42. The number of halogens is 1. The molecule has 0 amide bonds. The van der Waals surface area contributed by atoms with Crippen molar-refractivity contribution in [3.05, 3.63) is 36.3 Å². The van der Waals surface area contributed by atoms with Gasteiger partial charge in [-0.2, -0.15) is 4.98 Å². The first-order valence-corrected chi connectivity index (χ1v) is 4.95. The summed E-state index contributed by atoms with van der Waals surface area (Å²) in [6.45, 7) is 0. The highest BCUT2D eigenvalue weighted by atomic mass is 19.1. The summed E-state index contributed by atoms with van der Waals surface area (Å²) in [6, 6.07) is 6.58. The second-order valence-electron chi connectivity index (χ2n) is 3.28. The monoisotopic (exact) mass is 234 g/mol. The molecule has 0 fully saturated rings. The smallest absolute Gasteiger partial charge is 0.316 e. The highest BCUT2D eigenvalue weighted by Gasteiger charge is 2.07. The van der Waals surface area contributed by atoms with Crippen molar-refractivity contribution in [1.82, 2.24) is 9.97 Å². The Morgan fingerprint density at radius 3 is 2.59 bits per heavy atom. The molecule has 0 saturated carbocycles. The van der Waals surface area contributed by atoms with E-state index < -0.39 is 5.82 Å². The van der Waals surface area contributed by atoms with E-state index in [-0.39, 0.29) is 11.8 Å². The van der Waals surface area contributed by atoms with Crippen molar-refractivity contribution in [3.63, 3.8) is 0 Å². The van der Waals surface area contributed by atoms with Gasteiger partial charge in [0.1, 0.15) is 0 Å². The van der Waals surface area contributed by atoms with Crippen LogP contribution in [0.1, 0.15) is 0 Å². The molecule has 2 aromatic rings. The Morgan fingerprint density at radius 2 is 1.94 bits per heavy atom. The third-order valence-electron chi connectivity index (χ3n) is 2.26. The predicted octanol–water partition coefficient (Wildman–Crippen LogP) is 2.30. The minimum atomic E-state index is -0.428. The maximum Gasteiger partial charge on any atom is 0.316 e. The van der Waals surface area contributed by atoms with Gasteiger partial charge in [0.05, 0.1) is 19.9 Å². The van der Waals surface area contributed by atoms with E-state index in [2.05, 4.69) is 9.97 Å². The number of benzene rings is 1. The van der Waals surface area contributed by atoms with Crippen LogP contribution >= 0.6 is 0 Å². The van der Waals surface area contributed by atoms with Gasteiger partial charge in [-0.3, -0.25) is 0 Å². The molecule has 17 heavy (non-hydrogen) atoms. The highest BCUT2D eigenvalue weighted by Crippen LogP contribution is 2.24. The molecular weight excluding hydrogens is 223 g/mol. The van der Waals surface area contributed by atoms with E-state index in [0.29, 0.717) is 11.3 Å². The maximum absolute atomic E-state index is 13.5. The fraction of sp³-hybridized carbons (Fsp3) is 0.167. The van der Waals surface area contributed by atoms with Crippen molar-refractivity contribution >= 4 is 0 Å². The third-order valence-corrected chi connectivity index (χ3v) is 2.26. The molecule has 1 aromatic heterocycles. The van der Waals surface area contributed by atoms with E-state index in [1.165, 1.54) is 20.3 Å². The summed E-state index contributed by atoms with van der Waals surface area (Å²) >= 11 is 0. The van der Waals surface area contributed by atoms with Gasteiger partial charge in [0, 0.05) is 11.8 Å². The molecule has 0 spiro atoms. The third kappa shape index (κ3) is 2.33. The maximum atomic E-state index is 13.5. The molecular formula is C12H11FN2O2. The van der Waals surface area contributed by atoms with Crippen LogP contribution < -0.4 is 9.47 Å². The van der Waals surface area contributed by atoms with Crippen LogP contribution in [-0.2, 0) is 0 Å². The van der Waals surface area contributed by atoms with Gasteiger partial charge in [-0.25, -0.2) is 9.37 Å². The van der Waals surface area contributed by atoms with Crippen molar-refractivity contribution < 1.29 is 13.9 Å². The molecule has 5 heteroatoms. The van der Waals surface area contributed by atoms with Gasteiger partial charge in [-0.1, -0.05) is 0 Å². The van der Waals surface area contributed by atoms with Gasteiger partial charge in [0.25, 0.3) is 0 Å². The number of methoxy groups -OCH3 is 2. The quantitative estimate of drug-likeness (QED) is 0.817. The molecule has 1 aromatic carbocycles. The minimum absolute atomic E-state index is 0.203. The van der Waals surface area contributed by atoms with Crippen LogP contribution in [0, 0.1) is 5.82 Å². The number of aromatic nitrogens is 2. The molecule has 0 radical (unpaired) electrons. The zero-order valence-corrected chi connectivity index (χ0v) is 9.48. The fourth-order valence-corrected chi connectivity index (χ4v) is 1.43. The number of nitrogens with zero attached hydrogens (tertiary/aromatic N) is 2. The minimum Gasteiger partial charge on any atom is -0.494 e. The normalized spacial score (nSPS) is 10.1. The molecule has 4 nitrogen and oxygen atoms in total. The highest BCUT2D eigenvalue weighted by molar-refractivity contribution is 5.60. The fourth-order valence-electron chi connectivity index (χ4n) is 1.43. The van der Waals surface area contributed by atoms with E-state index in [1.54, 1.807) is 24.4 Å². The second kappa shape index (κ2) is 4.78. The van der Waals surface area contributed by atoms with Crippen molar-refractivity contribution in [3.8, 4) is 23.0 Å². The van der Waals surface area contributed by atoms with Gasteiger partial charge in [-0.15, -0.1) is 0 Å². The first-order chi connectivity index (χ1) is 8.24. The predicted molar refractivity (Wildman–Crippen MR) is 60.5 cm³/mol. The van der Waals surface area contributed by atoms with E-state index in [4.69, 9.17) is 9.47 Å². The van der Waals surface area contributed by atoms with Gasteiger partial charge < -0.3 is 9.47 Å². The van der Waals surface area contributed by atoms with Crippen LogP contribution in [0.3, 0.4) is 0 Å². The van der Waals surface area contributed by atoms with Crippen LogP contribution in [0.15, 0.2) is 30.5 Å². The molecule has 0 unspecified atom stereocenters. The molecule has 0 aliphatic rings. The lowest BCUT2D eigenvalue weighted by molar-refractivity contribution is 0.380. The Bertz CT molecular complexity index is 532. The lowest BCUT2D eigenvalue weighted by Crippen LogP contribution is -1.94. The van der Waals surface area contributed by atoms with Gasteiger partial charge in [-0.05, 0) is 24.3 Å². The Morgan fingerprint density at radius 1 is 1.12 bits per heavy atom. The number of rotatable bonds is 3. The Hall–Kier alpha value is -2.17. The lowest BCUT2D eigenvalue weighted by Gasteiger charge is -2.05. The van der Waals surface area contributed by atoms with E-state index >= 15 is 0 Å². The summed E-state index contributed by atoms with van der Waals surface area (Å²) in [4.78, 5) is 8.01. The molecule has 88 valence electrons. The number of hydrogen-bond acceptors (Lipinski definition) is 4. The first kappa shape index (κ1) is 11.3. The number of ether oxygens (including phenoxy) is 2. The van der Waals surface area contributed by atoms with Gasteiger partial charge in [0.15, 0.2) is 11.6 Å². The summed E-state index contributed by atoms with van der Waals surface area (Å²) < 4.78 is 23.3. The molecule has 0 bridgehead atoms. The molecule has 0 atom stereocenters. The zero-order chi connectivity index (χ0) is 12.3. The van der Waals surface area contributed by atoms with Crippen molar-refractivity contribution in [2.24, 2.45) is 0 Å². The van der Waals surface area contributed by atoms with Gasteiger partial charge >= 0.3 is 6.01 Å². The van der Waals surface area contributed by atoms with Crippen LogP contribution in [0.25, 0.3) is 11.3 Å². The standard InChI is InChI=1S/C12H11FN2O2/c1-16-11-4-3-8(7-9(11)13)10-5-6-14-12(15-10)17-2/h3-7H,1-2H3. The van der Waals surface area contributed by atoms with Crippen LogP contribution in [-0.4, -0.2) is 24.2 Å². The average molecular weight is 234 g/mol. The molecule has 0 N–H and O–H groups in total. The topological polar surface area (TPSA) is 44.2 Å². The van der Waals surface area contributed by atoms with Gasteiger partial charge in [0.2, 0.25) is 0 Å². The summed E-state index contributed by atoms with van der Waals surface area (Å²) in [5.74, 6) is -0.225. The van der Waals surface area contributed by atoms with E-state index in [0.717, 1.165) is 0 Å². The SMILES string of the molecule is COc1nccc(-c2ccc(OC)c(F)c2)n1. The summed E-state index contributed by atoms with van der Waals surface area (Å²) in [5.41, 5.74) is 1.24. The molecule has 2 rings (SSSR count). The first-order valence-electron chi connectivity index (χ1n) is 4.95. The van der Waals surface area contributed by atoms with Crippen molar-refractivity contribution in [1.29, 1.82) is 0 Å². The summed E-state index contributed by atoms with van der Waals surface area (Å²) in [6.07, 6.45) is 1.56. The lowest BCUT2D eigenvalue weighted by atomic mass is 10.1. The van der Waals surface area contributed by atoms with Crippen LogP contribution in [0.2, 0.25) is 0 Å². The zero-order valence-electron chi connectivity index (χ0n) is 9.48. The van der Waals surface area contributed by atoms with Crippen molar-refractivity contribution in [2.75, 3.05) is 14.2 Å². The molecule has 0 aliphatic carbocycles. The van der Waals surface area contributed by atoms with E-state index in [1.807, 2.05) is 0 Å². The Kier molecular flexibility index (Phi) is 3.18. The van der Waals surface area contributed by atoms with Crippen LogP contribution in [0.4, 0.5) is 4.39 Å². The second-order valence-corrected chi connectivity index (χ2v) is 3.28. The number of hydrogen-bond donors (Lipinski definition) is 0. The largest absolute Gasteiger partial charge is 0.494 e. The van der Waals surface area contributed by atoms with E-state index in [9.17, 15) is 4.39 Å².